The van der Waals surface area contributed by atoms with Gasteiger partial charge in [0.2, 0.25) is 0 Å². The molecule has 0 aromatic rings. The smallest absolute Gasteiger partial charge is 0.151 e. The van der Waals surface area contributed by atoms with Crippen molar-refractivity contribution in [2.45, 2.75) is 20.3 Å². The predicted molar refractivity (Wildman–Crippen MR) is 49.6 cm³/mol. The normalized spacial score (nSPS) is 25.3. The van der Waals surface area contributed by atoms with E-state index in [2.05, 4.69) is 13.8 Å². The van der Waals surface area contributed by atoms with Crippen molar-refractivity contribution in [2.24, 2.45) is 17.1 Å². The molecule has 0 spiro atoms. The first-order chi connectivity index (χ1) is 5.39. The van der Waals surface area contributed by atoms with Crippen molar-refractivity contribution in [2.75, 3.05) is 18.1 Å². The molecule has 0 saturated carbocycles. The third kappa shape index (κ3) is 1.98. The first-order valence-electron chi connectivity index (χ1n) is 4.30. The van der Waals surface area contributed by atoms with E-state index in [4.69, 9.17) is 5.73 Å². The Hall–Kier alpha value is -0.0900. The second-order valence-corrected chi connectivity index (χ2v) is 6.40. The molecule has 12 heavy (non-hydrogen) atoms. The zero-order valence-corrected chi connectivity index (χ0v) is 8.52. The van der Waals surface area contributed by atoms with Gasteiger partial charge in [0.05, 0.1) is 11.5 Å². The van der Waals surface area contributed by atoms with Crippen molar-refractivity contribution >= 4 is 9.84 Å². The van der Waals surface area contributed by atoms with Crippen LogP contribution in [0.2, 0.25) is 0 Å². The summed E-state index contributed by atoms with van der Waals surface area (Å²) in [7, 11) is -2.73. The van der Waals surface area contributed by atoms with Gasteiger partial charge in [0.25, 0.3) is 0 Å². The standard InChI is InChI=1S/C8H17NO2S/c1-7(2)3-8(4-9)5-12(10,11)6-8/h7H,3-6,9H2,1-2H3. The van der Waals surface area contributed by atoms with Gasteiger partial charge in [-0.05, 0) is 18.9 Å². The molecule has 1 fully saturated rings. The van der Waals surface area contributed by atoms with E-state index < -0.39 is 9.84 Å². The highest BCUT2D eigenvalue weighted by molar-refractivity contribution is 7.92. The van der Waals surface area contributed by atoms with Gasteiger partial charge in [-0.25, -0.2) is 8.42 Å². The molecule has 0 atom stereocenters. The Labute approximate surface area is 74.3 Å². The van der Waals surface area contributed by atoms with Crippen LogP contribution in [-0.2, 0) is 9.84 Å². The second-order valence-electron chi connectivity index (χ2n) is 4.33. The Morgan fingerprint density at radius 1 is 1.42 bits per heavy atom. The molecule has 1 saturated heterocycles. The number of hydrogen-bond donors (Lipinski definition) is 1. The minimum Gasteiger partial charge on any atom is -0.330 e. The van der Waals surface area contributed by atoms with Gasteiger partial charge < -0.3 is 5.73 Å². The van der Waals surface area contributed by atoms with E-state index in [1.165, 1.54) is 0 Å². The van der Waals surface area contributed by atoms with Gasteiger partial charge in [-0.2, -0.15) is 0 Å². The van der Waals surface area contributed by atoms with Crippen molar-refractivity contribution in [1.82, 2.24) is 0 Å². The Morgan fingerprint density at radius 3 is 2.17 bits per heavy atom. The molecule has 1 rings (SSSR count). The average Bonchev–Trinajstić information content (AvgIpc) is 1.81. The summed E-state index contributed by atoms with van der Waals surface area (Å²) in [4.78, 5) is 0. The summed E-state index contributed by atoms with van der Waals surface area (Å²) in [6.45, 7) is 4.70. The molecule has 0 aromatic heterocycles. The molecule has 0 aromatic carbocycles. The monoisotopic (exact) mass is 191 g/mol. The van der Waals surface area contributed by atoms with Crippen LogP contribution in [0, 0.1) is 11.3 Å². The van der Waals surface area contributed by atoms with Crippen molar-refractivity contribution < 1.29 is 8.42 Å². The largest absolute Gasteiger partial charge is 0.330 e. The van der Waals surface area contributed by atoms with Crippen LogP contribution in [0.15, 0.2) is 0 Å². The van der Waals surface area contributed by atoms with Crippen LogP contribution >= 0.6 is 0 Å². The van der Waals surface area contributed by atoms with Gasteiger partial charge in [-0.1, -0.05) is 13.8 Å². The van der Waals surface area contributed by atoms with Crippen molar-refractivity contribution in [3.05, 3.63) is 0 Å². The van der Waals surface area contributed by atoms with Gasteiger partial charge in [0.1, 0.15) is 0 Å². The summed E-state index contributed by atoms with van der Waals surface area (Å²) >= 11 is 0. The van der Waals surface area contributed by atoms with E-state index in [1.807, 2.05) is 0 Å². The molecule has 0 unspecified atom stereocenters. The molecular formula is C8H17NO2S. The average molecular weight is 191 g/mol. The number of rotatable bonds is 3. The van der Waals surface area contributed by atoms with Crippen molar-refractivity contribution in [3.8, 4) is 0 Å². The van der Waals surface area contributed by atoms with Crippen LogP contribution in [0.3, 0.4) is 0 Å². The lowest BCUT2D eigenvalue weighted by molar-refractivity contribution is 0.275. The van der Waals surface area contributed by atoms with Crippen LogP contribution in [0.1, 0.15) is 20.3 Å². The van der Waals surface area contributed by atoms with Crippen LogP contribution in [0.25, 0.3) is 0 Å². The lowest BCUT2D eigenvalue weighted by Gasteiger charge is -2.41. The lowest BCUT2D eigenvalue weighted by atomic mass is 9.83. The first kappa shape index (κ1) is 9.99. The maximum Gasteiger partial charge on any atom is 0.151 e. The third-order valence-corrected chi connectivity index (χ3v) is 4.43. The number of hydrogen-bond acceptors (Lipinski definition) is 3. The summed E-state index contributed by atoms with van der Waals surface area (Å²) in [5.74, 6) is 1.13. The molecule has 1 aliphatic heterocycles. The Balaban J connectivity index is 2.59. The Kier molecular flexibility index (Phi) is 2.50. The number of sulfone groups is 1. The zero-order valence-electron chi connectivity index (χ0n) is 7.71. The molecule has 1 heterocycles. The summed E-state index contributed by atoms with van der Waals surface area (Å²) in [6.07, 6.45) is 0.933. The Morgan fingerprint density at radius 2 is 1.92 bits per heavy atom. The summed E-state index contributed by atoms with van der Waals surface area (Å²) in [5.41, 5.74) is 5.48. The predicted octanol–water partition coefficient (Wildman–Crippen LogP) is 0.406. The molecule has 0 amide bonds. The fourth-order valence-corrected chi connectivity index (χ4v) is 4.33. The molecule has 0 aliphatic carbocycles. The van der Waals surface area contributed by atoms with Crippen LogP contribution in [0.5, 0.6) is 0 Å². The topological polar surface area (TPSA) is 60.2 Å². The minimum absolute atomic E-state index is 0.0903. The first-order valence-corrected chi connectivity index (χ1v) is 6.12. The molecule has 4 heteroatoms. The second kappa shape index (κ2) is 3.00. The fourth-order valence-electron chi connectivity index (χ4n) is 2.08. The third-order valence-electron chi connectivity index (χ3n) is 2.33. The van der Waals surface area contributed by atoms with Crippen LogP contribution < -0.4 is 5.73 Å². The van der Waals surface area contributed by atoms with Gasteiger partial charge in [0.15, 0.2) is 9.84 Å². The molecule has 0 bridgehead atoms. The SMILES string of the molecule is CC(C)CC1(CN)CS(=O)(=O)C1. The van der Waals surface area contributed by atoms with E-state index >= 15 is 0 Å². The van der Waals surface area contributed by atoms with Gasteiger partial charge >= 0.3 is 0 Å². The van der Waals surface area contributed by atoms with E-state index in [-0.39, 0.29) is 5.41 Å². The minimum atomic E-state index is -2.73. The van der Waals surface area contributed by atoms with E-state index in [1.54, 1.807) is 0 Å². The molecule has 1 aliphatic rings. The van der Waals surface area contributed by atoms with E-state index in [9.17, 15) is 8.42 Å². The maximum atomic E-state index is 11.0. The van der Waals surface area contributed by atoms with Gasteiger partial charge in [-0.3, -0.25) is 0 Å². The molecule has 0 radical (unpaired) electrons. The highest BCUT2D eigenvalue weighted by Gasteiger charge is 2.47. The van der Waals surface area contributed by atoms with Crippen LogP contribution in [-0.4, -0.2) is 26.5 Å². The fraction of sp³-hybridized carbons (Fsp3) is 1.00. The molecule has 2 N–H and O–H groups in total. The maximum absolute atomic E-state index is 11.0. The highest BCUT2D eigenvalue weighted by atomic mass is 32.2. The summed E-state index contributed by atoms with van der Waals surface area (Å²) in [6, 6.07) is 0. The quantitative estimate of drug-likeness (QED) is 0.702. The molecule has 72 valence electrons. The van der Waals surface area contributed by atoms with Gasteiger partial charge in [0, 0.05) is 5.41 Å². The number of nitrogens with two attached hydrogens (primary N) is 1. The lowest BCUT2D eigenvalue weighted by Crippen LogP contribution is -2.53. The highest BCUT2D eigenvalue weighted by Crippen LogP contribution is 2.37. The zero-order chi connectivity index (χ0) is 9.41. The van der Waals surface area contributed by atoms with Crippen molar-refractivity contribution in [1.29, 1.82) is 0 Å². The van der Waals surface area contributed by atoms with E-state index in [0.29, 0.717) is 24.0 Å². The van der Waals surface area contributed by atoms with Crippen molar-refractivity contribution in [3.63, 3.8) is 0 Å². The summed E-state index contributed by atoms with van der Waals surface area (Å²) in [5, 5.41) is 0. The Bertz CT molecular complexity index is 244. The molecular weight excluding hydrogens is 174 g/mol. The molecule has 3 nitrogen and oxygen atoms in total. The van der Waals surface area contributed by atoms with Gasteiger partial charge in [-0.15, -0.1) is 0 Å². The van der Waals surface area contributed by atoms with Crippen LogP contribution in [0.4, 0.5) is 0 Å². The van der Waals surface area contributed by atoms with E-state index in [0.717, 1.165) is 6.42 Å². The summed E-state index contributed by atoms with van der Waals surface area (Å²) < 4.78 is 22.0.